The molecule has 0 aliphatic rings. The highest BCUT2D eigenvalue weighted by molar-refractivity contribution is 7.98. The fourth-order valence-electron chi connectivity index (χ4n) is 2.70. The first-order chi connectivity index (χ1) is 12.3. The van der Waals surface area contributed by atoms with Gasteiger partial charge in [-0.15, -0.1) is 0 Å². The summed E-state index contributed by atoms with van der Waals surface area (Å²) in [4.78, 5) is 20.8. The van der Waals surface area contributed by atoms with Crippen molar-refractivity contribution in [3.63, 3.8) is 0 Å². The first kappa shape index (κ1) is 22.7. The summed E-state index contributed by atoms with van der Waals surface area (Å²) in [7, 11) is 0. The molecule has 0 saturated heterocycles. The number of hydrogen-bond acceptors (Lipinski definition) is 6. The van der Waals surface area contributed by atoms with E-state index >= 15 is 0 Å². The summed E-state index contributed by atoms with van der Waals surface area (Å²) in [5, 5.41) is 0.721. The molecule has 1 aromatic rings. The van der Waals surface area contributed by atoms with E-state index in [0.717, 1.165) is 30.8 Å². The van der Waals surface area contributed by atoms with Crippen LogP contribution in [0.2, 0.25) is 0 Å². The minimum atomic E-state index is -0.416. The van der Waals surface area contributed by atoms with E-state index in [-0.39, 0.29) is 17.8 Å². The predicted molar refractivity (Wildman–Crippen MR) is 107 cm³/mol. The van der Waals surface area contributed by atoms with Gasteiger partial charge in [0, 0.05) is 12.3 Å². The number of nitrogens with zero attached hydrogens (tertiary/aromatic N) is 2. The summed E-state index contributed by atoms with van der Waals surface area (Å²) in [5.74, 6) is 1.08. The molecule has 1 rings (SSSR count). The molecule has 0 spiro atoms. The molecule has 148 valence electrons. The van der Waals surface area contributed by atoms with Crippen molar-refractivity contribution in [1.29, 1.82) is 0 Å². The van der Waals surface area contributed by atoms with Gasteiger partial charge in [-0.3, -0.25) is 4.79 Å². The predicted octanol–water partition coefficient (Wildman–Crippen LogP) is 5.00. The Morgan fingerprint density at radius 3 is 2.31 bits per heavy atom. The van der Waals surface area contributed by atoms with E-state index in [0.29, 0.717) is 19.1 Å². The molecule has 0 bridgehead atoms. The summed E-state index contributed by atoms with van der Waals surface area (Å²) < 4.78 is 11.2. The van der Waals surface area contributed by atoms with E-state index in [1.807, 2.05) is 13.2 Å². The number of rotatable bonds is 12. The van der Waals surface area contributed by atoms with Gasteiger partial charge in [0.05, 0.1) is 18.6 Å². The van der Waals surface area contributed by atoms with Crippen LogP contribution in [-0.4, -0.2) is 35.4 Å². The fourth-order valence-corrected chi connectivity index (χ4v) is 3.04. The zero-order valence-corrected chi connectivity index (χ0v) is 17.9. The van der Waals surface area contributed by atoms with Gasteiger partial charge in [0.15, 0.2) is 5.16 Å². The van der Waals surface area contributed by atoms with Crippen LogP contribution in [0.1, 0.15) is 60.3 Å². The second-order valence-corrected chi connectivity index (χ2v) is 8.15. The molecular weight excluding hydrogens is 348 g/mol. The van der Waals surface area contributed by atoms with Gasteiger partial charge in [-0.05, 0) is 50.7 Å². The first-order valence-electron chi connectivity index (χ1n) is 9.49. The molecule has 5 nitrogen and oxygen atoms in total. The highest BCUT2D eigenvalue weighted by atomic mass is 32.2. The van der Waals surface area contributed by atoms with E-state index in [1.165, 1.54) is 11.8 Å². The molecule has 0 aromatic carbocycles. The van der Waals surface area contributed by atoms with E-state index < -0.39 is 5.41 Å². The lowest BCUT2D eigenvalue weighted by Crippen LogP contribution is -2.39. The van der Waals surface area contributed by atoms with Gasteiger partial charge in [0.2, 0.25) is 5.88 Å². The molecule has 0 N–H and O–H groups in total. The van der Waals surface area contributed by atoms with Gasteiger partial charge in [-0.2, -0.15) is 4.98 Å². The maximum Gasteiger partial charge on any atom is 0.312 e. The largest absolute Gasteiger partial charge is 0.478 e. The molecule has 26 heavy (non-hydrogen) atoms. The van der Waals surface area contributed by atoms with Crippen LogP contribution in [0.5, 0.6) is 5.88 Å². The van der Waals surface area contributed by atoms with Crippen molar-refractivity contribution >= 4 is 17.7 Å². The number of carbonyl (C=O) groups is 1. The van der Waals surface area contributed by atoms with Crippen molar-refractivity contribution in [2.75, 3.05) is 19.5 Å². The smallest absolute Gasteiger partial charge is 0.312 e. The summed E-state index contributed by atoms with van der Waals surface area (Å²) in [6, 6.07) is 1.78. The Balaban J connectivity index is 2.16. The number of hydrogen-bond donors (Lipinski definition) is 0. The van der Waals surface area contributed by atoms with Gasteiger partial charge in [-0.1, -0.05) is 39.5 Å². The standard InChI is InChI=1S/C20H34N2O3S/c1-15(2)20(5,16(3)4)18(23)25-14-10-8-7-9-13-24-17-11-12-21-19(22-17)26-6/h11-12,15-16H,7-10,13-14H2,1-6H3. The van der Waals surface area contributed by atoms with Crippen LogP contribution >= 0.6 is 11.8 Å². The maximum atomic E-state index is 12.4. The monoisotopic (exact) mass is 382 g/mol. The van der Waals surface area contributed by atoms with Crippen molar-refractivity contribution in [2.45, 2.75) is 65.5 Å². The minimum absolute atomic E-state index is 0.0702. The van der Waals surface area contributed by atoms with Gasteiger partial charge in [0.25, 0.3) is 0 Å². The Morgan fingerprint density at radius 1 is 1.12 bits per heavy atom. The number of ether oxygens (including phenoxy) is 2. The van der Waals surface area contributed by atoms with Crippen molar-refractivity contribution in [3.05, 3.63) is 12.3 Å². The van der Waals surface area contributed by atoms with Crippen LogP contribution in [0, 0.1) is 17.3 Å². The van der Waals surface area contributed by atoms with E-state index in [2.05, 4.69) is 37.7 Å². The molecule has 1 heterocycles. The first-order valence-corrected chi connectivity index (χ1v) is 10.7. The molecule has 0 aliphatic carbocycles. The Labute approximate surface area is 162 Å². The molecule has 1 aromatic heterocycles. The molecular formula is C20H34N2O3S. The summed E-state index contributed by atoms with van der Waals surface area (Å²) in [5.41, 5.74) is -0.416. The average molecular weight is 383 g/mol. The Hall–Kier alpha value is -1.30. The second kappa shape index (κ2) is 11.4. The highest BCUT2D eigenvalue weighted by Crippen LogP contribution is 2.36. The molecule has 0 atom stereocenters. The van der Waals surface area contributed by atoms with Gasteiger partial charge >= 0.3 is 5.97 Å². The van der Waals surface area contributed by atoms with Crippen LogP contribution < -0.4 is 4.74 Å². The maximum absolute atomic E-state index is 12.4. The molecule has 0 radical (unpaired) electrons. The summed E-state index contributed by atoms with van der Waals surface area (Å²) in [6.45, 7) is 11.5. The number of aromatic nitrogens is 2. The number of esters is 1. The highest BCUT2D eigenvalue weighted by Gasteiger charge is 2.41. The van der Waals surface area contributed by atoms with E-state index in [9.17, 15) is 4.79 Å². The fraction of sp³-hybridized carbons (Fsp3) is 0.750. The van der Waals surface area contributed by atoms with Crippen LogP contribution in [0.3, 0.4) is 0 Å². The lowest BCUT2D eigenvalue weighted by molar-refractivity contribution is -0.161. The van der Waals surface area contributed by atoms with Crippen molar-refractivity contribution < 1.29 is 14.3 Å². The van der Waals surface area contributed by atoms with Crippen LogP contribution in [0.15, 0.2) is 17.4 Å². The SMILES string of the molecule is CSc1nccc(OCCCCCCOC(=O)C(C)(C(C)C)C(C)C)n1. The third kappa shape index (κ3) is 6.78. The van der Waals surface area contributed by atoms with Crippen molar-refractivity contribution in [2.24, 2.45) is 17.3 Å². The summed E-state index contributed by atoms with van der Waals surface area (Å²) in [6.07, 6.45) is 7.58. The molecule has 0 aliphatic heterocycles. The summed E-state index contributed by atoms with van der Waals surface area (Å²) >= 11 is 1.50. The van der Waals surface area contributed by atoms with Gasteiger partial charge in [0.1, 0.15) is 0 Å². The number of carbonyl (C=O) groups excluding carboxylic acids is 1. The third-order valence-corrected chi connectivity index (χ3v) is 5.71. The van der Waals surface area contributed by atoms with Gasteiger partial charge < -0.3 is 9.47 Å². The Bertz CT molecular complexity index is 542. The molecule has 0 unspecified atom stereocenters. The third-order valence-electron chi connectivity index (χ3n) is 5.15. The Morgan fingerprint density at radius 2 is 1.73 bits per heavy atom. The minimum Gasteiger partial charge on any atom is -0.478 e. The van der Waals surface area contributed by atoms with Crippen LogP contribution in [-0.2, 0) is 9.53 Å². The number of thioether (sulfide) groups is 1. The van der Waals surface area contributed by atoms with Gasteiger partial charge in [-0.25, -0.2) is 4.98 Å². The molecule has 6 heteroatoms. The lowest BCUT2D eigenvalue weighted by Gasteiger charge is -2.35. The molecule has 0 amide bonds. The van der Waals surface area contributed by atoms with Crippen molar-refractivity contribution in [3.8, 4) is 5.88 Å². The normalized spacial score (nSPS) is 11.8. The van der Waals surface area contributed by atoms with Crippen LogP contribution in [0.4, 0.5) is 0 Å². The second-order valence-electron chi connectivity index (χ2n) is 7.37. The zero-order valence-electron chi connectivity index (χ0n) is 17.1. The lowest BCUT2D eigenvalue weighted by atomic mass is 9.70. The van der Waals surface area contributed by atoms with E-state index in [4.69, 9.17) is 9.47 Å². The average Bonchev–Trinajstić information content (AvgIpc) is 2.62. The Kier molecular flexibility index (Phi) is 9.99. The quantitative estimate of drug-likeness (QED) is 0.219. The van der Waals surface area contributed by atoms with Crippen LogP contribution in [0.25, 0.3) is 0 Å². The topological polar surface area (TPSA) is 61.3 Å². The van der Waals surface area contributed by atoms with E-state index in [1.54, 1.807) is 12.3 Å². The molecule has 0 fully saturated rings. The van der Waals surface area contributed by atoms with Crippen molar-refractivity contribution in [1.82, 2.24) is 9.97 Å². The number of unbranched alkanes of at least 4 members (excludes halogenated alkanes) is 3. The zero-order chi connectivity index (χ0) is 19.6. The molecule has 0 saturated carbocycles.